The van der Waals surface area contributed by atoms with E-state index in [9.17, 15) is 20.1 Å². The van der Waals surface area contributed by atoms with Crippen LogP contribution in [0.2, 0.25) is 0 Å². The first-order valence-corrected chi connectivity index (χ1v) is 8.00. The second-order valence-corrected chi connectivity index (χ2v) is 7.46. The number of hydrogen-bond donors (Lipinski definition) is 3. The molecule has 6 atom stereocenters. The largest absolute Gasteiger partial charge is 0.461 e. The number of esters is 1. The third-order valence-corrected chi connectivity index (χ3v) is 5.64. The molecule has 126 valence electrons. The van der Waals surface area contributed by atoms with Crippen LogP contribution in [0.25, 0.3) is 0 Å². The van der Waals surface area contributed by atoms with Crippen molar-refractivity contribution in [3.63, 3.8) is 0 Å². The molecule has 2 aliphatic rings. The lowest BCUT2D eigenvalue weighted by Gasteiger charge is -2.38. The summed E-state index contributed by atoms with van der Waals surface area (Å²) in [4.78, 5) is 11.0. The average molecular weight is 312 g/mol. The van der Waals surface area contributed by atoms with Gasteiger partial charge in [-0.2, -0.15) is 0 Å². The molecule has 0 radical (unpaired) electrons. The van der Waals surface area contributed by atoms with E-state index in [1.807, 2.05) is 0 Å². The maximum Gasteiger partial charge on any atom is 0.302 e. The minimum absolute atomic E-state index is 0.0682. The van der Waals surface area contributed by atoms with E-state index >= 15 is 0 Å². The summed E-state index contributed by atoms with van der Waals surface area (Å²) in [5.74, 6) is -1.21. The van der Waals surface area contributed by atoms with Gasteiger partial charge in [0.15, 0.2) is 0 Å². The van der Waals surface area contributed by atoms with Gasteiger partial charge in [-0.05, 0) is 51.0 Å². The maximum atomic E-state index is 11.0. The van der Waals surface area contributed by atoms with Crippen LogP contribution in [0.15, 0.2) is 12.2 Å². The summed E-state index contributed by atoms with van der Waals surface area (Å²) in [5, 5.41) is 32.3. The van der Waals surface area contributed by atoms with Crippen LogP contribution in [0.5, 0.6) is 0 Å². The van der Waals surface area contributed by atoms with Gasteiger partial charge in [0, 0.05) is 18.8 Å². The number of carbonyl (C=O) groups excluding carboxylic acids is 1. The first-order chi connectivity index (χ1) is 10.1. The zero-order valence-corrected chi connectivity index (χ0v) is 13.7. The summed E-state index contributed by atoms with van der Waals surface area (Å²) in [6, 6.07) is 0. The van der Waals surface area contributed by atoms with Crippen molar-refractivity contribution in [1.29, 1.82) is 0 Å². The highest BCUT2D eigenvalue weighted by Gasteiger charge is 2.56. The third kappa shape index (κ3) is 3.21. The second-order valence-electron chi connectivity index (χ2n) is 7.46. The maximum absolute atomic E-state index is 11.0. The van der Waals surface area contributed by atoms with Gasteiger partial charge in [-0.1, -0.05) is 6.58 Å². The van der Waals surface area contributed by atoms with Crippen molar-refractivity contribution in [1.82, 2.24) is 0 Å². The smallest absolute Gasteiger partial charge is 0.302 e. The Hall–Kier alpha value is -0.910. The quantitative estimate of drug-likeness (QED) is 0.542. The van der Waals surface area contributed by atoms with Gasteiger partial charge in [-0.3, -0.25) is 4.79 Å². The zero-order valence-electron chi connectivity index (χ0n) is 13.7. The molecule has 0 heterocycles. The van der Waals surface area contributed by atoms with Gasteiger partial charge in [0.1, 0.15) is 6.61 Å². The number of rotatable bonds is 3. The predicted octanol–water partition coefficient (Wildman–Crippen LogP) is 1.40. The summed E-state index contributed by atoms with van der Waals surface area (Å²) in [6.45, 7) is 8.87. The van der Waals surface area contributed by atoms with E-state index in [0.717, 1.165) is 0 Å². The van der Waals surface area contributed by atoms with Gasteiger partial charge in [-0.15, -0.1) is 0 Å². The van der Waals surface area contributed by atoms with Crippen LogP contribution in [-0.2, 0) is 9.53 Å². The van der Waals surface area contributed by atoms with Crippen molar-refractivity contribution >= 4 is 5.97 Å². The summed E-state index contributed by atoms with van der Waals surface area (Å²) >= 11 is 0. The molecule has 3 N–H and O–H groups in total. The molecule has 0 aromatic rings. The molecule has 22 heavy (non-hydrogen) atoms. The standard InChI is InChI=1S/C17H28O5/c1-10(9-22-11(2)18)12-5-7-16(3,20)13-6-8-17(4,21)14(13)15(12)19/h12-15,19-21H,1,5-9H2,2-4H3. The lowest BCUT2D eigenvalue weighted by molar-refractivity contribution is -0.140. The van der Waals surface area contributed by atoms with Crippen molar-refractivity contribution in [3.8, 4) is 0 Å². The van der Waals surface area contributed by atoms with Crippen LogP contribution in [-0.4, -0.2) is 45.2 Å². The fraction of sp³-hybridized carbons (Fsp3) is 0.824. The first-order valence-electron chi connectivity index (χ1n) is 8.00. The van der Waals surface area contributed by atoms with Crippen molar-refractivity contribution in [2.45, 2.75) is 63.8 Å². The minimum Gasteiger partial charge on any atom is -0.461 e. The summed E-state index contributed by atoms with van der Waals surface area (Å²) in [7, 11) is 0. The van der Waals surface area contributed by atoms with Crippen molar-refractivity contribution in [3.05, 3.63) is 12.2 Å². The molecule has 0 aromatic carbocycles. The molecule has 0 aliphatic heterocycles. The highest BCUT2D eigenvalue weighted by atomic mass is 16.5. The highest BCUT2D eigenvalue weighted by Crippen LogP contribution is 2.52. The molecule has 5 nitrogen and oxygen atoms in total. The molecule has 2 aliphatic carbocycles. The van der Waals surface area contributed by atoms with E-state index < -0.39 is 23.2 Å². The second kappa shape index (κ2) is 5.95. The average Bonchev–Trinajstić information content (AvgIpc) is 2.66. The first kappa shape index (κ1) is 17.4. The molecule has 0 amide bonds. The van der Waals surface area contributed by atoms with Crippen LogP contribution in [0.3, 0.4) is 0 Å². The summed E-state index contributed by atoms with van der Waals surface area (Å²) in [5.41, 5.74) is -1.28. The molecule has 2 fully saturated rings. The number of ether oxygens (including phenoxy) is 1. The molecular weight excluding hydrogens is 284 g/mol. The van der Waals surface area contributed by atoms with E-state index in [1.165, 1.54) is 6.92 Å². The van der Waals surface area contributed by atoms with Gasteiger partial charge < -0.3 is 20.1 Å². The molecule has 2 saturated carbocycles. The molecule has 0 saturated heterocycles. The van der Waals surface area contributed by atoms with Gasteiger partial charge >= 0.3 is 5.97 Å². The number of aliphatic hydroxyl groups is 3. The van der Waals surface area contributed by atoms with Gasteiger partial charge in [-0.25, -0.2) is 0 Å². The normalized spacial score (nSPS) is 45.0. The number of carbonyl (C=O) groups is 1. The van der Waals surface area contributed by atoms with Crippen molar-refractivity contribution in [2.75, 3.05) is 6.61 Å². The van der Waals surface area contributed by atoms with Crippen LogP contribution in [0, 0.1) is 17.8 Å². The van der Waals surface area contributed by atoms with Crippen LogP contribution < -0.4 is 0 Å². The Morgan fingerprint density at radius 1 is 1.23 bits per heavy atom. The Morgan fingerprint density at radius 2 is 1.82 bits per heavy atom. The minimum atomic E-state index is -1.00. The predicted molar refractivity (Wildman–Crippen MR) is 82.0 cm³/mol. The molecule has 0 aromatic heterocycles. The van der Waals surface area contributed by atoms with Crippen molar-refractivity contribution < 1.29 is 24.9 Å². The Balaban J connectivity index is 2.24. The van der Waals surface area contributed by atoms with Crippen molar-refractivity contribution in [2.24, 2.45) is 17.8 Å². The lowest BCUT2D eigenvalue weighted by atomic mass is 9.74. The molecule has 0 bridgehead atoms. The zero-order chi connectivity index (χ0) is 16.7. The van der Waals surface area contributed by atoms with E-state index in [4.69, 9.17) is 4.74 Å². The van der Waals surface area contributed by atoms with E-state index in [0.29, 0.717) is 31.3 Å². The molecule has 6 unspecified atom stereocenters. The van der Waals surface area contributed by atoms with Gasteiger partial charge in [0.05, 0.1) is 17.3 Å². The Labute approximate surface area is 132 Å². The van der Waals surface area contributed by atoms with Gasteiger partial charge in [0.2, 0.25) is 0 Å². The Morgan fingerprint density at radius 3 is 2.41 bits per heavy atom. The van der Waals surface area contributed by atoms with E-state index in [2.05, 4.69) is 6.58 Å². The number of hydrogen-bond acceptors (Lipinski definition) is 5. The summed E-state index contributed by atoms with van der Waals surface area (Å²) in [6.07, 6.45) is 1.57. The number of fused-ring (bicyclic) bond motifs is 1. The van der Waals surface area contributed by atoms with Crippen LogP contribution in [0.4, 0.5) is 0 Å². The molecular formula is C17H28O5. The monoisotopic (exact) mass is 312 g/mol. The Kier molecular flexibility index (Phi) is 4.71. The topological polar surface area (TPSA) is 87.0 Å². The SMILES string of the molecule is C=C(COC(C)=O)C1CCC(C)(O)C2CCC(C)(O)C2C1O. The van der Waals surface area contributed by atoms with Crippen LogP contribution in [0.1, 0.15) is 46.5 Å². The van der Waals surface area contributed by atoms with E-state index in [-0.39, 0.29) is 24.4 Å². The highest BCUT2D eigenvalue weighted by molar-refractivity contribution is 5.66. The fourth-order valence-electron chi connectivity index (χ4n) is 4.33. The van der Waals surface area contributed by atoms with E-state index in [1.54, 1.807) is 13.8 Å². The molecule has 2 rings (SSSR count). The molecule has 5 heteroatoms. The fourth-order valence-corrected chi connectivity index (χ4v) is 4.33. The third-order valence-electron chi connectivity index (χ3n) is 5.64. The van der Waals surface area contributed by atoms with Crippen LogP contribution >= 0.6 is 0 Å². The lowest BCUT2D eigenvalue weighted by Crippen LogP contribution is -2.47. The summed E-state index contributed by atoms with van der Waals surface area (Å²) < 4.78 is 4.99. The molecule has 0 spiro atoms. The number of aliphatic hydroxyl groups excluding tert-OH is 1. The Bertz CT molecular complexity index is 454. The van der Waals surface area contributed by atoms with Gasteiger partial charge in [0.25, 0.3) is 0 Å².